The van der Waals surface area contributed by atoms with E-state index in [1.54, 1.807) is 0 Å². The topological polar surface area (TPSA) is 12.5 Å². The first-order chi connectivity index (χ1) is 4.79. The maximum Gasteiger partial charge on any atom is 0.100 e. The molecule has 0 N–H and O–H groups in total. The standard InChI is InChI=1S/C8H15ClO/c1-3-5-6(9)8-7(4-2)10-8/h6-8H,3-5H2,1-2H3. The van der Waals surface area contributed by atoms with E-state index in [1.807, 2.05) is 0 Å². The Morgan fingerprint density at radius 2 is 2.20 bits per heavy atom. The second-order valence-electron chi connectivity index (χ2n) is 2.85. The molecule has 0 aromatic heterocycles. The van der Waals surface area contributed by atoms with E-state index < -0.39 is 0 Å². The summed E-state index contributed by atoms with van der Waals surface area (Å²) >= 11 is 6.03. The van der Waals surface area contributed by atoms with Crippen molar-refractivity contribution >= 4 is 11.6 Å². The third-order valence-electron chi connectivity index (χ3n) is 1.95. The molecule has 3 atom stereocenters. The molecule has 0 aromatic carbocycles. The van der Waals surface area contributed by atoms with Gasteiger partial charge in [-0.15, -0.1) is 11.6 Å². The van der Waals surface area contributed by atoms with Crippen molar-refractivity contribution in [3.63, 3.8) is 0 Å². The van der Waals surface area contributed by atoms with Crippen LogP contribution in [-0.2, 0) is 4.74 Å². The van der Waals surface area contributed by atoms with Gasteiger partial charge in [0.1, 0.15) is 6.10 Å². The van der Waals surface area contributed by atoms with Gasteiger partial charge in [0.2, 0.25) is 0 Å². The highest BCUT2D eigenvalue weighted by Crippen LogP contribution is 2.32. The highest BCUT2D eigenvalue weighted by molar-refractivity contribution is 6.21. The van der Waals surface area contributed by atoms with Crippen LogP contribution in [0.3, 0.4) is 0 Å². The van der Waals surface area contributed by atoms with Crippen molar-refractivity contribution < 1.29 is 4.74 Å². The van der Waals surface area contributed by atoms with E-state index in [2.05, 4.69) is 13.8 Å². The Morgan fingerprint density at radius 1 is 1.50 bits per heavy atom. The van der Waals surface area contributed by atoms with Crippen LogP contribution in [0.25, 0.3) is 0 Å². The van der Waals surface area contributed by atoms with Gasteiger partial charge in [0.05, 0.1) is 11.5 Å². The predicted molar refractivity (Wildman–Crippen MR) is 43.5 cm³/mol. The van der Waals surface area contributed by atoms with Gasteiger partial charge in [-0.1, -0.05) is 20.3 Å². The van der Waals surface area contributed by atoms with E-state index >= 15 is 0 Å². The van der Waals surface area contributed by atoms with Gasteiger partial charge in [-0.25, -0.2) is 0 Å². The number of epoxide rings is 1. The van der Waals surface area contributed by atoms with Crippen LogP contribution in [0.2, 0.25) is 0 Å². The van der Waals surface area contributed by atoms with Gasteiger partial charge in [0.15, 0.2) is 0 Å². The van der Waals surface area contributed by atoms with Gasteiger partial charge < -0.3 is 4.74 Å². The summed E-state index contributed by atoms with van der Waals surface area (Å²) in [7, 11) is 0. The molecular weight excluding hydrogens is 148 g/mol. The SMILES string of the molecule is CCCC(Cl)C1OC1CC. The Bertz CT molecular complexity index is 105. The Morgan fingerprint density at radius 3 is 2.60 bits per heavy atom. The van der Waals surface area contributed by atoms with E-state index in [-0.39, 0.29) is 5.38 Å². The van der Waals surface area contributed by atoms with Gasteiger partial charge in [0, 0.05) is 0 Å². The van der Waals surface area contributed by atoms with Crippen molar-refractivity contribution in [2.45, 2.75) is 50.7 Å². The van der Waals surface area contributed by atoms with Crippen molar-refractivity contribution in [2.75, 3.05) is 0 Å². The first kappa shape index (κ1) is 8.35. The molecule has 1 saturated heterocycles. The fraction of sp³-hybridized carbons (Fsp3) is 1.00. The lowest BCUT2D eigenvalue weighted by molar-refractivity contribution is 0.358. The molecule has 1 rings (SSSR count). The Hall–Kier alpha value is 0.250. The van der Waals surface area contributed by atoms with Crippen LogP contribution in [0.4, 0.5) is 0 Å². The molecule has 1 nitrogen and oxygen atoms in total. The minimum atomic E-state index is 0.259. The molecule has 0 bridgehead atoms. The highest BCUT2D eigenvalue weighted by atomic mass is 35.5. The highest BCUT2D eigenvalue weighted by Gasteiger charge is 2.41. The van der Waals surface area contributed by atoms with Crippen LogP contribution in [-0.4, -0.2) is 17.6 Å². The van der Waals surface area contributed by atoms with Gasteiger partial charge in [-0.2, -0.15) is 0 Å². The van der Waals surface area contributed by atoms with Crippen LogP contribution < -0.4 is 0 Å². The monoisotopic (exact) mass is 162 g/mol. The smallest absolute Gasteiger partial charge is 0.100 e. The quantitative estimate of drug-likeness (QED) is 0.457. The summed E-state index contributed by atoms with van der Waals surface area (Å²) < 4.78 is 5.35. The molecule has 1 aliphatic rings. The molecule has 60 valence electrons. The second kappa shape index (κ2) is 3.59. The van der Waals surface area contributed by atoms with E-state index in [0.29, 0.717) is 12.2 Å². The first-order valence-corrected chi connectivity index (χ1v) is 4.52. The van der Waals surface area contributed by atoms with Crippen LogP contribution in [0.15, 0.2) is 0 Å². The van der Waals surface area contributed by atoms with Crippen molar-refractivity contribution in [2.24, 2.45) is 0 Å². The zero-order valence-corrected chi connectivity index (χ0v) is 7.40. The van der Waals surface area contributed by atoms with Gasteiger partial charge >= 0.3 is 0 Å². The lowest BCUT2D eigenvalue weighted by Gasteiger charge is -2.01. The molecule has 0 radical (unpaired) electrons. The lowest BCUT2D eigenvalue weighted by Crippen LogP contribution is -2.09. The molecule has 1 fully saturated rings. The average Bonchev–Trinajstić information content (AvgIpc) is 2.66. The van der Waals surface area contributed by atoms with Crippen molar-refractivity contribution in [1.29, 1.82) is 0 Å². The van der Waals surface area contributed by atoms with Crippen LogP contribution in [0.1, 0.15) is 33.1 Å². The summed E-state index contributed by atoms with van der Waals surface area (Å²) in [4.78, 5) is 0. The Balaban J connectivity index is 2.12. The van der Waals surface area contributed by atoms with Gasteiger partial charge in [0.25, 0.3) is 0 Å². The fourth-order valence-electron chi connectivity index (χ4n) is 1.24. The number of hydrogen-bond donors (Lipinski definition) is 0. The number of ether oxygens (including phenoxy) is 1. The molecular formula is C8H15ClO. The van der Waals surface area contributed by atoms with E-state index in [0.717, 1.165) is 19.3 Å². The largest absolute Gasteiger partial charge is 0.368 e. The number of alkyl halides is 1. The van der Waals surface area contributed by atoms with Crippen LogP contribution >= 0.6 is 11.6 Å². The molecule has 1 aliphatic heterocycles. The van der Waals surface area contributed by atoms with Crippen molar-refractivity contribution in [1.82, 2.24) is 0 Å². The Labute approximate surface area is 67.7 Å². The molecule has 0 aromatic rings. The third kappa shape index (κ3) is 1.86. The summed E-state index contributed by atoms with van der Waals surface area (Å²) in [6, 6.07) is 0. The average molecular weight is 163 g/mol. The minimum Gasteiger partial charge on any atom is -0.368 e. The van der Waals surface area contributed by atoms with E-state index in [4.69, 9.17) is 16.3 Å². The van der Waals surface area contributed by atoms with Gasteiger partial charge in [-0.3, -0.25) is 0 Å². The number of hydrogen-bond acceptors (Lipinski definition) is 1. The summed E-state index contributed by atoms with van der Waals surface area (Å²) in [6.45, 7) is 4.29. The minimum absolute atomic E-state index is 0.259. The summed E-state index contributed by atoms with van der Waals surface area (Å²) in [5.74, 6) is 0. The van der Waals surface area contributed by atoms with Gasteiger partial charge in [-0.05, 0) is 12.8 Å². The second-order valence-corrected chi connectivity index (χ2v) is 3.41. The maximum atomic E-state index is 6.03. The normalized spacial score (nSPS) is 33.9. The molecule has 0 amide bonds. The third-order valence-corrected chi connectivity index (χ3v) is 2.41. The maximum absolute atomic E-state index is 6.03. The van der Waals surface area contributed by atoms with Crippen LogP contribution in [0, 0.1) is 0 Å². The zero-order valence-electron chi connectivity index (χ0n) is 6.64. The molecule has 10 heavy (non-hydrogen) atoms. The summed E-state index contributed by atoms with van der Waals surface area (Å²) in [5.41, 5.74) is 0. The number of halogens is 1. The molecule has 1 heterocycles. The molecule has 2 heteroatoms. The summed E-state index contributed by atoms with van der Waals surface area (Å²) in [5, 5.41) is 0.259. The van der Waals surface area contributed by atoms with Crippen LogP contribution in [0.5, 0.6) is 0 Å². The molecule has 0 aliphatic carbocycles. The lowest BCUT2D eigenvalue weighted by atomic mass is 10.1. The molecule has 0 spiro atoms. The first-order valence-electron chi connectivity index (χ1n) is 4.09. The zero-order chi connectivity index (χ0) is 7.56. The van der Waals surface area contributed by atoms with E-state index in [1.165, 1.54) is 0 Å². The predicted octanol–water partition coefficient (Wildman–Crippen LogP) is 2.57. The van der Waals surface area contributed by atoms with Crippen molar-refractivity contribution in [3.05, 3.63) is 0 Å². The number of rotatable bonds is 4. The summed E-state index contributed by atoms with van der Waals surface area (Å²) in [6.07, 6.45) is 4.19. The van der Waals surface area contributed by atoms with Crippen molar-refractivity contribution in [3.8, 4) is 0 Å². The Kier molecular flexibility index (Phi) is 2.99. The van der Waals surface area contributed by atoms with E-state index in [9.17, 15) is 0 Å². The fourth-order valence-corrected chi connectivity index (χ4v) is 1.68. The molecule has 0 saturated carbocycles. The molecule has 3 unspecified atom stereocenters.